The molecular weight excluding hydrogens is 692 g/mol. The zero-order valence-corrected chi connectivity index (χ0v) is 30.8. The Morgan fingerprint density at radius 1 is 1.02 bits per heavy atom. The first-order valence-corrected chi connectivity index (χ1v) is 19.5. The monoisotopic (exact) mass is 739 g/mol. The average Bonchev–Trinajstić information content (AvgIpc) is 3.78. The van der Waals surface area contributed by atoms with Gasteiger partial charge in [0.2, 0.25) is 5.88 Å². The number of phenolic OH excluding ortho intramolecular Hbond substituents is 1. The molecule has 54 heavy (non-hydrogen) atoms. The fraction of sp³-hybridized carbons (Fsp3) is 0.548. The molecule has 10 nitrogen and oxygen atoms in total. The molecule has 2 aromatic heterocycles. The zero-order valence-electron chi connectivity index (χ0n) is 30.8. The molecule has 3 saturated carbocycles. The van der Waals surface area contributed by atoms with Crippen molar-refractivity contribution in [1.29, 1.82) is 0 Å². The third-order valence-electron chi connectivity index (χ3n) is 13.2. The van der Waals surface area contributed by atoms with Crippen LogP contribution in [0.2, 0.25) is 0 Å². The topological polar surface area (TPSA) is 113 Å². The molecule has 0 amide bonds. The van der Waals surface area contributed by atoms with E-state index in [1.54, 1.807) is 0 Å². The van der Waals surface area contributed by atoms with Crippen molar-refractivity contribution in [2.45, 2.75) is 88.8 Å². The number of hydrogen-bond donors (Lipinski definition) is 2. The smallest absolute Gasteiger partial charge is 0.319 e. The van der Waals surface area contributed by atoms with Crippen molar-refractivity contribution in [3.05, 3.63) is 41.5 Å². The molecule has 5 aliphatic rings. The van der Waals surface area contributed by atoms with E-state index in [0.717, 1.165) is 38.6 Å². The number of phenols is 1. The molecule has 284 valence electrons. The number of methoxy groups -OCH3 is 1. The lowest BCUT2D eigenvalue weighted by atomic mass is 9.62. The van der Waals surface area contributed by atoms with Gasteiger partial charge < -0.3 is 29.3 Å². The molecule has 0 radical (unpaired) electrons. The van der Waals surface area contributed by atoms with E-state index in [1.807, 2.05) is 4.90 Å². The third-order valence-corrected chi connectivity index (χ3v) is 13.2. The maximum absolute atomic E-state index is 17.3. The van der Waals surface area contributed by atoms with Crippen LogP contribution in [0.3, 0.4) is 0 Å². The molecule has 2 aromatic carbocycles. The van der Waals surface area contributed by atoms with Crippen molar-refractivity contribution in [1.82, 2.24) is 19.9 Å². The molecule has 0 bridgehead atoms. The van der Waals surface area contributed by atoms with Crippen molar-refractivity contribution in [3.8, 4) is 41.2 Å². The summed E-state index contributed by atoms with van der Waals surface area (Å²) in [5, 5.41) is 22.3. The molecule has 3 aliphatic carbocycles. The molecule has 3 unspecified atom stereocenters. The fourth-order valence-electron chi connectivity index (χ4n) is 10.8. The number of rotatable bonds is 7. The summed E-state index contributed by atoms with van der Waals surface area (Å²) in [6, 6.07) is 6.51. The standard InChI is InChI=1S/C42H47F2N5O5/c1-3-29-31(43)10-9-25-18-27(50)19-30(33(25)29)36-35(44)37-34(39(45-36)52-2)38(48-16-17-53-23-28(51)22-48)47-40(46-37)54-24-42-13-6-8-32(42)49(15-7-14-42)26-20-41(21-26)11-4-5-12-41/h1,9-10,18-19,26,28,32,50-51H,4-8,11-17,20-24H2,2H3. The number of pyridine rings is 1. The Kier molecular flexibility index (Phi) is 9.02. The molecule has 2 saturated heterocycles. The number of halogens is 2. The summed E-state index contributed by atoms with van der Waals surface area (Å²) >= 11 is 0. The van der Waals surface area contributed by atoms with Gasteiger partial charge in [0.1, 0.15) is 34.0 Å². The minimum absolute atomic E-state index is 0.00987. The van der Waals surface area contributed by atoms with Crippen molar-refractivity contribution in [2.75, 3.05) is 51.5 Å². The lowest BCUT2D eigenvalue weighted by molar-refractivity contribution is -0.0787. The first-order valence-electron chi connectivity index (χ1n) is 19.5. The van der Waals surface area contributed by atoms with E-state index in [0.29, 0.717) is 48.5 Å². The van der Waals surface area contributed by atoms with Gasteiger partial charge in [0.05, 0.1) is 38.6 Å². The molecule has 3 atom stereocenters. The van der Waals surface area contributed by atoms with Crippen LogP contribution in [0.1, 0.15) is 76.2 Å². The van der Waals surface area contributed by atoms with Crippen LogP contribution in [0.5, 0.6) is 17.6 Å². The van der Waals surface area contributed by atoms with Crippen LogP contribution in [-0.4, -0.2) is 94.8 Å². The summed E-state index contributed by atoms with van der Waals surface area (Å²) in [6.45, 7) is 2.52. The van der Waals surface area contributed by atoms with E-state index >= 15 is 8.78 Å². The van der Waals surface area contributed by atoms with Gasteiger partial charge in [-0.25, -0.2) is 13.8 Å². The van der Waals surface area contributed by atoms with Crippen LogP contribution in [0, 0.1) is 34.8 Å². The number of aliphatic hydroxyl groups is 1. The maximum Gasteiger partial charge on any atom is 0.319 e. The Hall–Kier alpha value is -4.31. The van der Waals surface area contributed by atoms with E-state index in [4.69, 9.17) is 30.6 Å². The second-order valence-corrected chi connectivity index (χ2v) is 16.3. The number of aromatic nitrogens is 3. The second-order valence-electron chi connectivity index (χ2n) is 16.3. The minimum atomic E-state index is -0.836. The van der Waals surface area contributed by atoms with Gasteiger partial charge in [-0.2, -0.15) is 9.97 Å². The normalized spacial score (nSPS) is 25.8. The number of anilines is 1. The Balaban J connectivity index is 1.14. The number of likely N-dealkylation sites (tertiary alicyclic amines) is 1. The van der Waals surface area contributed by atoms with Crippen molar-refractivity contribution in [3.63, 3.8) is 0 Å². The summed E-state index contributed by atoms with van der Waals surface area (Å²) in [7, 11) is 1.41. The predicted octanol–water partition coefficient (Wildman–Crippen LogP) is 6.75. The van der Waals surface area contributed by atoms with Crippen molar-refractivity contribution < 1.29 is 33.2 Å². The molecule has 4 aromatic rings. The van der Waals surface area contributed by atoms with E-state index < -0.39 is 17.7 Å². The second kappa shape index (κ2) is 13.8. The lowest BCUT2D eigenvalue weighted by Gasteiger charge is -2.56. The van der Waals surface area contributed by atoms with Gasteiger partial charge >= 0.3 is 6.01 Å². The van der Waals surface area contributed by atoms with Gasteiger partial charge in [-0.3, -0.25) is 4.90 Å². The van der Waals surface area contributed by atoms with E-state index in [-0.39, 0.29) is 69.3 Å². The third kappa shape index (κ3) is 5.90. The Labute approximate surface area is 313 Å². The Morgan fingerprint density at radius 2 is 1.83 bits per heavy atom. The average molecular weight is 740 g/mol. The Morgan fingerprint density at radius 3 is 2.63 bits per heavy atom. The number of terminal acetylenes is 1. The summed E-state index contributed by atoms with van der Waals surface area (Å²) < 4.78 is 50.4. The number of fused-ring (bicyclic) bond motifs is 3. The summed E-state index contributed by atoms with van der Waals surface area (Å²) in [6.07, 6.45) is 18.5. The Bertz CT molecular complexity index is 2150. The number of ether oxygens (including phenoxy) is 3. The van der Waals surface area contributed by atoms with E-state index in [2.05, 4.69) is 15.8 Å². The van der Waals surface area contributed by atoms with Crippen LogP contribution in [-0.2, 0) is 4.74 Å². The van der Waals surface area contributed by atoms with Crippen LogP contribution in [0.25, 0.3) is 32.9 Å². The van der Waals surface area contributed by atoms with Gasteiger partial charge in [0, 0.05) is 41.5 Å². The lowest BCUT2D eigenvalue weighted by Crippen LogP contribution is -2.60. The highest BCUT2D eigenvalue weighted by Gasteiger charge is 2.55. The van der Waals surface area contributed by atoms with Gasteiger partial charge in [-0.15, -0.1) is 6.42 Å². The maximum atomic E-state index is 17.3. The quantitative estimate of drug-likeness (QED) is 0.198. The summed E-state index contributed by atoms with van der Waals surface area (Å²) in [5.41, 5.74) is 0.172. The molecule has 2 N–H and O–H groups in total. The van der Waals surface area contributed by atoms with Gasteiger partial charge in [-0.1, -0.05) is 31.2 Å². The van der Waals surface area contributed by atoms with Crippen LogP contribution >= 0.6 is 0 Å². The largest absolute Gasteiger partial charge is 0.508 e. The van der Waals surface area contributed by atoms with Crippen LogP contribution in [0.15, 0.2) is 24.3 Å². The number of aliphatic hydroxyl groups excluding tert-OH is 1. The minimum Gasteiger partial charge on any atom is -0.508 e. The molecule has 4 heterocycles. The predicted molar refractivity (Wildman–Crippen MR) is 201 cm³/mol. The number of nitrogens with zero attached hydrogens (tertiary/aromatic N) is 5. The van der Waals surface area contributed by atoms with E-state index in [1.165, 1.54) is 69.9 Å². The van der Waals surface area contributed by atoms with Crippen molar-refractivity contribution >= 4 is 27.5 Å². The molecule has 5 fully saturated rings. The molecule has 9 rings (SSSR count). The molecule has 1 spiro atoms. The summed E-state index contributed by atoms with van der Waals surface area (Å²) in [5.74, 6) is 1.03. The highest BCUT2D eigenvalue weighted by atomic mass is 19.1. The number of benzene rings is 2. The van der Waals surface area contributed by atoms with Crippen LogP contribution < -0.4 is 14.4 Å². The molecular formula is C42H47F2N5O5. The summed E-state index contributed by atoms with van der Waals surface area (Å²) in [4.78, 5) is 18.8. The van der Waals surface area contributed by atoms with Gasteiger partial charge in [-0.05, 0) is 86.9 Å². The number of aromatic hydroxyl groups is 1. The van der Waals surface area contributed by atoms with E-state index in [9.17, 15) is 10.2 Å². The fourth-order valence-corrected chi connectivity index (χ4v) is 10.8. The molecule has 12 heteroatoms. The SMILES string of the molecule is C#Cc1c(F)ccc2cc(O)cc(-c3nc(OC)c4c(N5CCOCC(O)C5)nc(OCC56CCCC5N(C5CC7(CCCC7)C5)CCC6)nc4c3F)c12. The number of β-amino-alcohol motifs (C(OH)–C–C–N with tert-alkyl or cyclic N) is 1. The zero-order chi connectivity index (χ0) is 37.2. The van der Waals surface area contributed by atoms with Crippen LogP contribution in [0.4, 0.5) is 14.6 Å². The van der Waals surface area contributed by atoms with Gasteiger partial charge in [0.25, 0.3) is 0 Å². The highest BCUT2D eigenvalue weighted by molar-refractivity contribution is 6.04. The number of hydrogen-bond acceptors (Lipinski definition) is 10. The van der Waals surface area contributed by atoms with Crippen molar-refractivity contribution in [2.24, 2.45) is 10.8 Å². The molecule has 2 aliphatic heterocycles. The number of piperidine rings is 1. The highest BCUT2D eigenvalue weighted by Crippen LogP contribution is 2.58. The first kappa shape index (κ1) is 35.4. The first-order chi connectivity index (χ1) is 26.2. The van der Waals surface area contributed by atoms with Gasteiger partial charge in [0.15, 0.2) is 5.82 Å².